The molecule has 20 heavy (non-hydrogen) atoms. The molecule has 0 unspecified atom stereocenters. The molecule has 0 heterocycles. The molecule has 4 nitrogen and oxygen atoms in total. The molecule has 0 aliphatic heterocycles. The van der Waals surface area contributed by atoms with Gasteiger partial charge in [0, 0.05) is 11.4 Å². The largest absolute Gasteiger partial charge is 0.508 e. The highest BCUT2D eigenvalue weighted by atomic mass is 16.3. The molecule has 0 radical (unpaired) electrons. The normalized spacial score (nSPS) is 10.6. The predicted molar refractivity (Wildman–Crippen MR) is 85.6 cm³/mol. The topological polar surface area (TPSA) is 84.3 Å². The summed E-state index contributed by atoms with van der Waals surface area (Å²) < 4.78 is 0. The van der Waals surface area contributed by atoms with Gasteiger partial charge in [-0.25, -0.2) is 0 Å². The van der Waals surface area contributed by atoms with Gasteiger partial charge in [-0.1, -0.05) is 0 Å². The van der Waals surface area contributed by atoms with E-state index in [4.69, 9.17) is 11.5 Å². The lowest BCUT2D eigenvalue weighted by atomic mass is 10.0. The molecule has 0 aliphatic carbocycles. The molecule has 2 aromatic carbocycles. The van der Waals surface area contributed by atoms with Crippen molar-refractivity contribution < 1.29 is 5.11 Å². The highest BCUT2D eigenvalue weighted by Crippen LogP contribution is 2.35. The SMILES string of the molecule is Cc1cc(Nc2c(C)cc(O)cc2C)c(N)c(C)c1N. The van der Waals surface area contributed by atoms with Gasteiger partial charge in [0.2, 0.25) is 0 Å². The van der Waals surface area contributed by atoms with Crippen LogP contribution in [0, 0.1) is 27.7 Å². The molecule has 106 valence electrons. The average Bonchev–Trinajstić information content (AvgIpc) is 2.37. The molecule has 0 saturated heterocycles. The maximum absolute atomic E-state index is 9.59. The van der Waals surface area contributed by atoms with E-state index < -0.39 is 0 Å². The Hall–Kier alpha value is -2.36. The van der Waals surface area contributed by atoms with E-state index in [1.54, 1.807) is 12.1 Å². The molecule has 6 N–H and O–H groups in total. The Balaban J connectivity index is 2.51. The zero-order valence-corrected chi connectivity index (χ0v) is 12.3. The van der Waals surface area contributed by atoms with Crippen LogP contribution in [0.2, 0.25) is 0 Å². The second kappa shape index (κ2) is 4.96. The van der Waals surface area contributed by atoms with Crippen molar-refractivity contribution in [2.24, 2.45) is 0 Å². The van der Waals surface area contributed by atoms with Crippen molar-refractivity contribution in [1.29, 1.82) is 0 Å². The first-order valence-electron chi connectivity index (χ1n) is 6.53. The van der Waals surface area contributed by atoms with Gasteiger partial charge in [0.05, 0.1) is 11.4 Å². The van der Waals surface area contributed by atoms with Gasteiger partial charge < -0.3 is 21.9 Å². The molecule has 0 atom stereocenters. The minimum Gasteiger partial charge on any atom is -0.508 e. The summed E-state index contributed by atoms with van der Waals surface area (Å²) in [6.07, 6.45) is 0. The molecule has 0 saturated carbocycles. The Morgan fingerprint density at radius 1 is 0.850 bits per heavy atom. The fourth-order valence-corrected chi connectivity index (χ4v) is 2.39. The fourth-order valence-electron chi connectivity index (χ4n) is 2.39. The van der Waals surface area contributed by atoms with Gasteiger partial charge in [-0.3, -0.25) is 0 Å². The van der Waals surface area contributed by atoms with E-state index in [1.807, 2.05) is 33.8 Å². The Morgan fingerprint density at radius 3 is 1.95 bits per heavy atom. The van der Waals surface area contributed by atoms with E-state index >= 15 is 0 Å². The Labute approximate surface area is 119 Å². The Morgan fingerprint density at radius 2 is 1.40 bits per heavy atom. The number of aryl methyl sites for hydroxylation is 3. The zero-order valence-electron chi connectivity index (χ0n) is 12.3. The molecule has 0 bridgehead atoms. The van der Waals surface area contributed by atoms with Crippen LogP contribution >= 0.6 is 0 Å². The summed E-state index contributed by atoms with van der Waals surface area (Å²) in [5.41, 5.74) is 19.1. The van der Waals surface area contributed by atoms with Crippen molar-refractivity contribution in [2.75, 3.05) is 16.8 Å². The number of nitrogens with one attached hydrogen (secondary N) is 1. The lowest BCUT2D eigenvalue weighted by Crippen LogP contribution is -2.05. The van der Waals surface area contributed by atoms with E-state index in [-0.39, 0.29) is 5.75 Å². The zero-order chi connectivity index (χ0) is 15.0. The quantitative estimate of drug-likeness (QED) is 0.497. The second-order valence-corrected chi connectivity index (χ2v) is 5.27. The van der Waals surface area contributed by atoms with Crippen molar-refractivity contribution in [1.82, 2.24) is 0 Å². The van der Waals surface area contributed by atoms with E-state index in [9.17, 15) is 5.11 Å². The van der Waals surface area contributed by atoms with E-state index in [2.05, 4.69) is 5.32 Å². The highest BCUT2D eigenvalue weighted by molar-refractivity contribution is 5.82. The molecule has 0 spiro atoms. The number of aromatic hydroxyl groups is 1. The Bertz CT molecular complexity index is 655. The molecular weight excluding hydrogens is 250 g/mol. The highest BCUT2D eigenvalue weighted by Gasteiger charge is 2.11. The number of nitrogens with two attached hydrogens (primary N) is 2. The van der Waals surface area contributed by atoms with Gasteiger partial charge in [-0.15, -0.1) is 0 Å². The lowest BCUT2D eigenvalue weighted by molar-refractivity contribution is 0.474. The van der Waals surface area contributed by atoms with Gasteiger partial charge in [0.1, 0.15) is 5.75 Å². The molecule has 2 aromatic rings. The number of hydrogen-bond acceptors (Lipinski definition) is 4. The van der Waals surface area contributed by atoms with Crippen LogP contribution in [0.4, 0.5) is 22.7 Å². The van der Waals surface area contributed by atoms with Crippen molar-refractivity contribution in [2.45, 2.75) is 27.7 Å². The third kappa shape index (κ3) is 2.37. The second-order valence-electron chi connectivity index (χ2n) is 5.27. The molecule has 4 heteroatoms. The van der Waals surface area contributed by atoms with Gasteiger partial charge in [-0.05, 0) is 68.1 Å². The number of phenolic OH excluding ortho intramolecular Hbond substituents is 1. The number of nitrogen functional groups attached to an aromatic ring is 2. The molecule has 0 aliphatic rings. The smallest absolute Gasteiger partial charge is 0.116 e. The number of anilines is 4. The summed E-state index contributed by atoms with van der Waals surface area (Å²) in [5, 5.41) is 12.9. The standard InChI is InChI=1S/C16H21N3O/c1-8-7-13(15(18)11(4)14(8)17)19-16-9(2)5-12(20)6-10(16)3/h5-7,19-20H,17-18H2,1-4H3. The van der Waals surface area contributed by atoms with Crippen LogP contribution in [-0.2, 0) is 0 Å². The summed E-state index contributed by atoms with van der Waals surface area (Å²) in [6.45, 7) is 7.77. The first kappa shape index (κ1) is 14.1. The van der Waals surface area contributed by atoms with Crippen LogP contribution in [0.25, 0.3) is 0 Å². The van der Waals surface area contributed by atoms with Crippen molar-refractivity contribution in [3.63, 3.8) is 0 Å². The van der Waals surface area contributed by atoms with Gasteiger partial charge >= 0.3 is 0 Å². The maximum atomic E-state index is 9.59. The minimum atomic E-state index is 0.267. The Kier molecular flexibility index (Phi) is 3.49. The average molecular weight is 271 g/mol. The van der Waals surface area contributed by atoms with Crippen molar-refractivity contribution >= 4 is 22.7 Å². The first-order chi connectivity index (χ1) is 9.31. The van der Waals surface area contributed by atoms with Crippen LogP contribution in [0.1, 0.15) is 22.3 Å². The van der Waals surface area contributed by atoms with Crippen LogP contribution in [0.5, 0.6) is 5.75 Å². The number of benzene rings is 2. The fraction of sp³-hybridized carbons (Fsp3) is 0.250. The molecule has 0 aromatic heterocycles. The molecule has 0 amide bonds. The van der Waals surface area contributed by atoms with Crippen molar-refractivity contribution in [3.8, 4) is 5.75 Å². The summed E-state index contributed by atoms with van der Waals surface area (Å²) in [7, 11) is 0. The molecular formula is C16H21N3O. The van der Waals surface area contributed by atoms with Gasteiger partial charge in [-0.2, -0.15) is 0 Å². The monoisotopic (exact) mass is 271 g/mol. The first-order valence-corrected chi connectivity index (χ1v) is 6.53. The number of rotatable bonds is 2. The molecule has 0 fully saturated rings. The third-order valence-electron chi connectivity index (χ3n) is 3.66. The number of hydrogen-bond donors (Lipinski definition) is 4. The maximum Gasteiger partial charge on any atom is 0.116 e. The van der Waals surface area contributed by atoms with Crippen LogP contribution < -0.4 is 16.8 Å². The van der Waals surface area contributed by atoms with Gasteiger partial charge in [0.15, 0.2) is 0 Å². The van der Waals surface area contributed by atoms with Gasteiger partial charge in [0.25, 0.3) is 0 Å². The van der Waals surface area contributed by atoms with E-state index in [0.29, 0.717) is 5.69 Å². The number of phenols is 1. The summed E-state index contributed by atoms with van der Waals surface area (Å²) in [4.78, 5) is 0. The van der Waals surface area contributed by atoms with E-state index in [0.717, 1.165) is 39.3 Å². The summed E-state index contributed by atoms with van der Waals surface area (Å²) >= 11 is 0. The van der Waals surface area contributed by atoms with E-state index in [1.165, 1.54) is 0 Å². The summed E-state index contributed by atoms with van der Waals surface area (Å²) in [5.74, 6) is 0.267. The minimum absolute atomic E-state index is 0.267. The van der Waals surface area contributed by atoms with Crippen molar-refractivity contribution in [3.05, 3.63) is 40.5 Å². The summed E-state index contributed by atoms with van der Waals surface area (Å²) in [6, 6.07) is 5.40. The van der Waals surface area contributed by atoms with Crippen LogP contribution in [0.15, 0.2) is 18.2 Å². The van der Waals surface area contributed by atoms with Crippen LogP contribution in [0.3, 0.4) is 0 Å². The van der Waals surface area contributed by atoms with Crippen LogP contribution in [-0.4, -0.2) is 5.11 Å². The predicted octanol–water partition coefficient (Wildman–Crippen LogP) is 3.53. The molecule has 2 rings (SSSR count). The third-order valence-corrected chi connectivity index (χ3v) is 3.66. The lowest BCUT2D eigenvalue weighted by Gasteiger charge is -2.18.